The SMILES string of the molecule is CC(C)(C)OC(=O)N1CCC(C(C)(F)S(=O)(=O)c2ccc(CF)cc2)CC1. The molecule has 0 radical (unpaired) electrons. The van der Waals surface area contributed by atoms with Crippen molar-refractivity contribution >= 4 is 15.9 Å². The van der Waals surface area contributed by atoms with Gasteiger partial charge in [-0.1, -0.05) is 12.1 Å². The van der Waals surface area contributed by atoms with Crippen LogP contribution in [0.2, 0.25) is 0 Å². The third-order valence-corrected chi connectivity index (χ3v) is 7.07. The van der Waals surface area contributed by atoms with Gasteiger partial charge in [0.25, 0.3) is 0 Å². The van der Waals surface area contributed by atoms with Crippen molar-refractivity contribution in [3.05, 3.63) is 29.8 Å². The Balaban J connectivity index is 2.10. The summed E-state index contributed by atoms with van der Waals surface area (Å²) in [6, 6.07) is 5.15. The molecule has 27 heavy (non-hydrogen) atoms. The van der Waals surface area contributed by atoms with Gasteiger partial charge in [-0.2, -0.15) is 0 Å². The number of hydrogen-bond acceptors (Lipinski definition) is 4. The topological polar surface area (TPSA) is 63.7 Å². The molecule has 0 bridgehead atoms. The van der Waals surface area contributed by atoms with Crippen molar-refractivity contribution in [3.63, 3.8) is 0 Å². The molecule has 1 fully saturated rings. The fourth-order valence-corrected chi connectivity index (χ4v) is 4.74. The number of rotatable bonds is 4. The number of hydrogen-bond donors (Lipinski definition) is 0. The maximum atomic E-state index is 15.4. The second-order valence-electron chi connectivity index (χ2n) is 8.01. The molecule has 152 valence electrons. The summed E-state index contributed by atoms with van der Waals surface area (Å²) in [4.78, 5) is 13.4. The van der Waals surface area contributed by atoms with Crippen LogP contribution in [0.15, 0.2) is 29.2 Å². The molecule has 1 amide bonds. The van der Waals surface area contributed by atoms with Gasteiger partial charge in [-0.15, -0.1) is 0 Å². The van der Waals surface area contributed by atoms with Crippen LogP contribution in [0.3, 0.4) is 0 Å². The Morgan fingerprint density at radius 1 is 1.15 bits per heavy atom. The Kier molecular flexibility index (Phi) is 6.19. The fraction of sp³-hybridized carbons (Fsp3) is 0.632. The van der Waals surface area contributed by atoms with Gasteiger partial charge in [0, 0.05) is 19.0 Å². The first-order valence-corrected chi connectivity index (χ1v) is 10.4. The van der Waals surface area contributed by atoms with E-state index in [1.807, 2.05) is 0 Å². The lowest BCUT2D eigenvalue weighted by Gasteiger charge is -2.38. The van der Waals surface area contributed by atoms with E-state index in [4.69, 9.17) is 4.74 Å². The highest BCUT2D eigenvalue weighted by molar-refractivity contribution is 7.92. The molecule has 1 aromatic rings. The summed E-state index contributed by atoms with van der Waals surface area (Å²) in [7, 11) is -4.25. The van der Waals surface area contributed by atoms with Crippen LogP contribution in [0.1, 0.15) is 46.1 Å². The normalized spacial score (nSPS) is 18.8. The molecule has 1 aliphatic rings. The molecule has 0 saturated carbocycles. The standard InChI is InChI=1S/C19H27F2NO4S/c1-18(2,3)26-17(23)22-11-9-15(10-12-22)19(4,21)27(24,25)16-7-5-14(13-20)6-8-16/h5-8,15H,9-13H2,1-4H3. The molecule has 1 atom stereocenters. The number of halogens is 2. The number of likely N-dealkylation sites (tertiary alicyclic amines) is 1. The number of benzene rings is 1. The molecular weight excluding hydrogens is 376 g/mol. The van der Waals surface area contributed by atoms with E-state index in [9.17, 15) is 17.6 Å². The largest absolute Gasteiger partial charge is 0.444 e. The smallest absolute Gasteiger partial charge is 0.410 e. The zero-order chi connectivity index (χ0) is 20.5. The van der Waals surface area contributed by atoms with Gasteiger partial charge in [-0.05, 0) is 58.2 Å². The number of piperidine rings is 1. The lowest BCUT2D eigenvalue weighted by molar-refractivity contribution is 0.0130. The first-order chi connectivity index (χ1) is 12.4. The lowest BCUT2D eigenvalue weighted by atomic mass is 9.92. The number of ether oxygens (including phenoxy) is 1. The predicted octanol–water partition coefficient (Wildman–Crippen LogP) is 4.26. The molecule has 0 aliphatic carbocycles. The minimum absolute atomic E-state index is 0.167. The van der Waals surface area contributed by atoms with Crippen molar-refractivity contribution in [1.29, 1.82) is 0 Å². The van der Waals surface area contributed by atoms with Gasteiger partial charge >= 0.3 is 6.09 Å². The molecule has 1 heterocycles. The highest BCUT2D eigenvalue weighted by atomic mass is 32.2. The highest BCUT2D eigenvalue weighted by Gasteiger charge is 2.48. The summed E-state index contributed by atoms with van der Waals surface area (Å²) in [6.45, 7) is 6.10. The van der Waals surface area contributed by atoms with Crippen molar-refractivity contribution in [2.45, 2.75) is 62.7 Å². The summed E-state index contributed by atoms with van der Waals surface area (Å²) in [5.74, 6) is -0.748. The minimum atomic E-state index is -4.25. The number of carbonyl (C=O) groups excluding carboxylic acids is 1. The summed E-state index contributed by atoms with van der Waals surface area (Å²) in [5, 5.41) is -2.48. The predicted molar refractivity (Wildman–Crippen MR) is 98.5 cm³/mol. The summed E-state index contributed by atoms with van der Waals surface area (Å²) >= 11 is 0. The molecule has 5 nitrogen and oxygen atoms in total. The molecule has 1 saturated heterocycles. The van der Waals surface area contributed by atoms with Crippen molar-refractivity contribution in [2.75, 3.05) is 13.1 Å². The van der Waals surface area contributed by atoms with E-state index >= 15 is 4.39 Å². The molecule has 8 heteroatoms. The zero-order valence-corrected chi connectivity index (χ0v) is 17.0. The molecule has 1 unspecified atom stereocenters. The lowest BCUT2D eigenvalue weighted by Crippen LogP contribution is -2.48. The Bertz CT molecular complexity index is 762. The van der Waals surface area contributed by atoms with Crippen molar-refractivity contribution in [2.24, 2.45) is 5.92 Å². The van der Waals surface area contributed by atoms with Gasteiger partial charge in [-0.25, -0.2) is 22.0 Å². The third-order valence-electron chi connectivity index (χ3n) is 4.79. The van der Waals surface area contributed by atoms with E-state index in [2.05, 4.69) is 0 Å². The molecule has 1 aromatic carbocycles. The second kappa shape index (κ2) is 7.73. The van der Waals surface area contributed by atoms with Crippen molar-refractivity contribution < 1.29 is 26.7 Å². The van der Waals surface area contributed by atoms with Crippen LogP contribution in [0.5, 0.6) is 0 Å². The Labute approximate surface area is 159 Å². The average molecular weight is 403 g/mol. The molecule has 2 rings (SSSR count). The quantitative estimate of drug-likeness (QED) is 0.753. The third kappa shape index (κ3) is 4.78. The van der Waals surface area contributed by atoms with E-state index < -0.39 is 39.1 Å². The molecule has 0 aromatic heterocycles. The van der Waals surface area contributed by atoms with Gasteiger partial charge in [0.2, 0.25) is 14.8 Å². The monoisotopic (exact) mass is 403 g/mol. The Hall–Kier alpha value is -1.70. The van der Waals surface area contributed by atoms with Crippen LogP contribution in [0.4, 0.5) is 13.6 Å². The second-order valence-corrected chi connectivity index (χ2v) is 10.3. The molecule has 0 spiro atoms. The maximum absolute atomic E-state index is 15.4. The van der Waals surface area contributed by atoms with Gasteiger partial charge in [-0.3, -0.25) is 0 Å². The summed E-state index contributed by atoms with van der Waals surface area (Å²) in [5.41, 5.74) is -0.294. The van der Waals surface area contributed by atoms with Crippen LogP contribution in [0, 0.1) is 5.92 Å². The first kappa shape index (κ1) is 21.6. The number of sulfone groups is 1. The van der Waals surface area contributed by atoms with E-state index in [1.54, 1.807) is 20.8 Å². The van der Waals surface area contributed by atoms with Crippen molar-refractivity contribution in [3.8, 4) is 0 Å². The number of amides is 1. The zero-order valence-electron chi connectivity index (χ0n) is 16.2. The number of nitrogens with zero attached hydrogens (tertiary/aromatic N) is 1. The molecular formula is C19H27F2NO4S. The average Bonchev–Trinajstić information content (AvgIpc) is 2.60. The summed E-state index contributed by atoms with van der Waals surface area (Å²) < 4.78 is 58.9. The minimum Gasteiger partial charge on any atom is -0.444 e. The van der Waals surface area contributed by atoms with Gasteiger partial charge < -0.3 is 9.64 Å². The van der Waals surface area contributed by atoms with E-state index in [0.29, 0.717) is 5.56 Å². The van der Waals surface area contributed by atoms with Gasteiger partial charge in [0.15, 0.2) is 0 Å². The van der Waals surface area contributed by atoms with E-state index in [1.165, 1.54) is 29.2 Å². The van der Waals surface area contributed by atoms with Crippen LogP contribution >= 0.6 is 0 Å². The van der Waals surface area contributed by atoms with E-state index in [0.717, 1.165) is 6.92 Å². The van der Waals surface area contributed by atoms with Crippen LogP contribution < -0.4 is 0 Å². The van der Waals surface area contributed by atoms with Crippen molar-refractivity contribution in [1.82, 2.24) is 4.90 Å². The van der Waals surface area contributed by atoms with Crippen LogP contribution in [0.25, 0.3) is 0 Å². The highest BCUT2D eigenvalue weighted by Crippen LogP contribution is 2.39. The van der Waals surface area contributed by atoms with Gasteiger partial charge in [0.05, 0.1) is 4.90 Å². The number of alkyl halides is 2. The Morgan fingerprint density at radius 2 is 1.67 bits per heavy atom. The van der Waals surface area contributed by atoms with Crippen LogP contribution in [-0.2, 0) is 21.2 Å². The molecule has 1 aliphatic heterocycles. The molecule has 0 N–H and O–H groups in total. The fourth-order valence-electron chi connectivity index (χ4n) is 3.11. The van der Waals surface area contributed by atoms with E-state index in [-0.39, 0.29) is 30.8 Å². The Morgan fingerprint density at radius 3 is 2.11 bits per heavy atom. The van der Waals surface area contributed by atoms with Crippen LogP contribution in [-0.4, -0.2) is 43.1 Å². The van der Waals surface area contributed by atoms with Gasteiger partial charge in [0.1, 0.15) is 12.3 Å². The maximum Gasteiger partial charge on any atom is 0.410 e. The summed E-state index contributed by atoms with van der Waals surface area (Å²) in [6.07, 6.45) is -0.0478. The number of carbonyl (C=O) groups is 1. The first-order valence-electron chi connectivity index (χ1n) is 8.95.